The van der Waals surface area contributed by atoms with Crippen LogP contribution < -0.4 is 5.32 Å². The highest BCUT2D eigenvalue weighted by atomic mass is 35.5. The molecular formula is C15H20ClN3. The largest absolute Gasteiger partial charge is 0.328 e. The summed E-state index contributed by atoms with van der Waals surface area (Å²) >= 11 is 6.13. The quantitative estimate of drug-likeness (QED) is 0.932. The summed E-state index contributed by atoms with van der Waals surface area (Å²) in [5, 5.41) is 4.25. The minimum atomic E-state index is 0.512. The van der Waals surface area contributed by atoms with Crippen LogP contribution in [0.4, 0.5) is 0 Å². The molecular weight excluding hydrogens is 258 g/mol. The van der Waals surface area contributed by atoms with Gasteiger partial charge in [-0.25, -0.2) is 4.98 Å². The molecule has 3 nitrogen and oxygen atoms in total. The molecule has 2 aromatic rings. The summed E-state index contributed by atoms with van der Waals surface area (Å²) in [6.45, 7) is 7.63. The Bertz CT molecular complexity index is 590. The van der Waals surface area contributed by atoms with E-state index in [4.69, 9.17) is 16.6 Å². The first-order chi connectivity index (χ1) is 9.20. The van der Waals surface area contributed by atoms with Gasteiger partial charge in [-0.15, -0.1) is 0 Å². The van der Waals surface area contributed by atoms with Crippen LogP contribution >= 0.6 is 11.6 Å². The van der Waals surface area contributed by atoms with Crippen molar-refractivity contribution in [3.63, 3.8) is 0 Å². The Hall–Kier alpha value is -1.06. The van der Waals surface area contributed by atoms with E-state index in [0.717, 1.165) is 36.6 Å². The first-order valence-corrected chi connectivity index (χ1v) is 7.45. The third-order valence-electron chi connectivity index (χ3n) is 4.04. The number of halogens is 1. The highest BCUT2D eigenvalue weighted by molar-refractivity contribution is 6.31. The molecule has 1 saturated heterocycles. The summed E-state index contributed by atoms with van der Waals surface area (Å²) in [4.78, 5) is 4.87. The third kappa shape index (κ3) is 2.26. The number of benzene rings is 1. The summed E-state index contributed by atoms with van der Waals surface area (Å²) in [7, 11) is 0. The first kappa shape index (κ1) is 12.9. The number of fused-ring (bicyclic) bond motifs is 1. The average Bonchev–Trinajstić information content (AvgIpc) is 2.94. The molecule has 0 amide bonds. The third-order valence-corrected chi connectivity index (χ3v) is 4.27. The van der Waals surface area contributed by atoms with Crippen molar-refractivity contribution >= 4 is 22.6 Å². The summed E-state index contributed by atoms with van der Waals surface area (Å²) in [5.41, 5.74) is 2.23. The fourth-order valence-corrected chi connectivity index (χ4v) is 3.18. The predicted octanol–water partition coefficient (Wildman–Crippen LogP) is 3.42. The molecule has 2 heterocycles. The Morgan fingerprint density at radius 2 is 2.26 bits per heavy atom. The first-order valence-electron chi connectivity index (χ1n) is 7.07. The molecule has 1 aromatic heterocycles. The number of nitrogens with one attached hydrogen (secondary N) is 1. The lowest BCUT2D eigenvalue weighted by molar-refractivity contribution is 0.514. The summed E-state index contributed by atoms with van der Waals surface area (Å²) in [5.74, 6) is 2.37. The maximum atomic E-state index is 6.13. The second kappa shape index (κ2) is 5.14. The van der Waals surface area contributed by atoms with E-state index >= 15 is 0 Å². The van der Waals surface area contributed by atoms with Crippen molar-refractivity contribution < 1.29 is 0 Å². The van der Waals surface area contributed by atoms with Gasteiger partial charge >= 0.3 is 0 Å². The second-order valence-corrected chi connectivity index (χ2v) is 5.93. The van der Waals surface area contributed by atoms with Crippen LogP contribution in [0.1, 0.15) is 32.0 Å². The Kier molecular flexibility index (Phi) is 3.50. The molecule has 1 fully saturated rings. The Morgan fingerprint density at radius 1 is 1.42 bits per heavy atom. The van der Waals surface area contributed by atoms with Gasteiger partial charge < -0.3 is 9.88 Å². The molecule has 1 aromatic carbocycles. The molecule has 0 aliphatic carbocycles. The molecule has 2 atom stereocenters. The standard InChI is InChI=1S/C15H20ClN3/c1-3-6-19-14-7-11(16)4-5-13(14)18-15(19)12-9-17-8-10(12)2/h4-5,7,10,12,17H,3,6,8-9H2,1-2H3/t10-,12-/m1/s1. The van der Waals surface area contributed by atoms with Crippen molar-refractivity contribution in [2.75, 3.05) is 13.1 Å². The number of nitrogens with zero attached hydrogens (tertiary/aromatic N) is 2. The van der Waals surface area contributed by atoms with Crippen LogP contribution in [0.2, 0.25) is 5.02 Å². The van der Waals surface area contributed by atoms with E-state index < -0.39 is 0 Å². The number of rotatable bonds is 3. The number of hydrogen-bond acceptors (Lipinski definition) is 2. The Morgan fingerprint density at radius 3 is 2.95 bits per heavy atom. The van der Waals surface area contributed by atoms with E-state index in [2.05, 4.69) is 23.7 Å². The van der Waals surface area contributed by atoms with Crippen molar-refractivity contribution in [3.8, 4) is 0 Å². The van der Waals surface area contributed by atoms with Crippen molar-refractivity contribution in [2.45, 2.75) is 32.7 Å². The van der Waals surface area contributed by atoms with Crippen LogP contribution in [0.15, 0.2) is 18.2 Å². The average molecular weight is 278 g/mol. The van der Waals surface area contributed by atoms with Gasteiger partial charge in [-0.05, 0) is 37.1 Å². The molecule has 0 bridgehead atoms. The summed E-state index contributed by atoms with van der Waals surface area (Å²) in [6, 6.07) is 5.99. The molecule has 0 saturated carbocycles. The smallest absolute Gasteiger partial charge is 0.114 e. The molecule has 102 valence electrons. The fourth-order valence-electron chi connectivity index (χ4n) is 3.01. The van der Waals surface area contributed by atoms with Gasteiger partial charge in [0.1, 0.15) is 5.82 Å². The lowest BCUT2D eigenvalue weighted by Crippen LogP contribution is -2.15. The SMILES string of the molecule is CCCn1c([C@@H]2CNC[C@H]2C)nc2ccc(Cl)cc21. The van der Waals surface area contributed by atoms with Crippen LogP contribution in [0.5, 0.6) is 0 Å². The van der Waals surface area contributed by atoms with Crippen molar-refractivity contribution in [3.05, 3.63) is 29.0 Å². The van der Waals surface area contributed by atoms with E-state index in [1.165, 1.54) is 11.3 Å². The molecule has 3 rings (SSSR count). The Balaban J connectivity index is 2.14. The van der Waals surface area contributed by atoms with E-state index in [0.29, 0.717) is 11.8 Å². The van der Waals surface area contributed by atoms with E-state index in [-0.39, 0.29) is 0 Å². The van der Waals surface area contributed by atoms with Crippen LogP contribution in [0.3, 0.4) is 0 Å². The van der Waals surface area contributed by atoms with Crippen molar-refractivity contribution in [1.82, 2.24) is 14.9 Å². The minimum absolute atomic E-state index is 0.512. The molecule has 1 aliphatic heterocycles. The molecule has 0 spiro atoms. The highest BCUT2D eigenvalue weighted by Gasteiger charge is 2.29. The molecule has 0 radical (unpaired) electrons. The predicted molar refractivity (Wildman–Crippen MR) is 79.8 cm³/mol. The zero-order chi connectivity index (χ0) is 13.4. The van der Waals surface area contributed by atoms with Gasteiger partial charge in [-0.2, -0.15) is 0 Å². The lowest BCUT2D eigenvalue weighted by atomic mass is 9.97. The number of aromatic nitrogens is 2. The number of imidazole rings is 1. The second-order valence-electron chi connectivity index (χ2n) is 5.50. The fraction of sp³-hybridized carbons (Fsp3) is 0.533. The van der Waals surface area contributed by atoms with Crippen LogP contribution in [0.25, 0.3) is 11.0 Å². The monoisotopic (exact) mass is 277 g/mol. The number of aryl methyl sites for hydroxylation is 1. The van der Waals surface area contributed by atoms with Gasteiger partial charge in [-0.1, -0.05) is 25.4 Å². The zero-order valence-electron chi connectivity index (χ0n) is 11.5. The molecule has 4 heteroatoms. The minimum Gasteiger partial charge on any atom is -0.328 e. The zero-order valence-corrected chi connectivity index (χ0v) is 12.2. The van der Waals surface area contributed by atoms with Crippen LogP contribution in [-0.2, 0) is 6.54 Å². The van der Waals surface area contributed by atoms with E-state index in [9.17, 15) is 0 Å². The maximum absolute atomic E-state index is 6.13. The van der Waals surface area contributed by atoms with E-state index in [1.54, 1.807) is 0 Å². The molecule has 1 aliphatic rings. The van der Waals surface area contributed by atoms with E-state index in [1.807, 2.05) is 18.2 Å². The maximum Gasteiger partial charge on any atom is 0.114 e. The lowest BCUT2D eigenvalue weighted by Gasteiger charge is -2.16. The normalized spacial score (nSPS) is 23.3. The van der Waals surface area contributed by atoms with Gasteiger partial charge in [0, 0.05) is 24.0 Å². The number of hydrogen-bond donors (Lipinski definition) is 1. The summed E-state index contributed by atoms with van der Waals surface area (Å²) < 4.78 is 2.36. The van der Waals surface area contributed by atoms with Crippen LogP contribution in [-0.4, -0.2) is 22.6 Å². The van der Waals surface area contributed by atoms with Gasteiger partial charge in [0.05, 0.1) is 11.0 Å². The summed E-state index contributed by atoms with van der Waals surface area (Å²) in [6.07, 6.45) is 1.11. The molecule has 0 unspecified atom stereocenters. The highest BCUT2D eigenvalue weighted by Crippen LogP contribution is 2.31. The van der Waals surface area contributed by atoms with Gasteiger partial charge in [0.15, 0.2) is 0 Å². The van der Waals surface area contributed by atoms with Crippen molar-refractivity contribution in [2.24, 2.45) is 5.92 Å². The van der Waals surface area contributed by atoms with Crippen LogP contribution in [0, 0.1) is 5.92 Å². The Labute approximate surface area is 119 Å². The molecule has 1 N–H and O–H groups in total. The molecule has 19 heavy (non-hydrogen) atoms. The van der Waals surface area contributed by atoms with Crippen molar-refractivity contribution in [1.29, 1.82) is 0 Å². The van der Waals surface area contributed by atoms with Gasteiger partial charge in [0.2, 0.25) is 0 Å². The van der Waals surface area contributed by atoms with Gasteiger partial charge in [0.25, 0.3) is 0 Å². The topological polar surface area (TPSA) is 29.9 Å². The van der Waals surface area contributed by atoms with Gasteiger partial charge in [-0.3, -0.25) is 0 Å².